The van der Waals surface area contributed by atoms with E-state index in [1.54, 1.807) is 0 Å². The molecule has 14 heavy (non-hydrogen) atoms. The Morgan fingerprint density at radius 3 is 2.50 bits per heavy atom. The first-order chi connectivity index (χ1) is 6.50. The van der Waals surface area contributed by atoms with Crippen molar-refractivity contribution in [2.45, 2.75) is 26.3 Å². The minimum absolute atomic E-state index is 0.246. The number of fused-ring (bicyclic) bond motifs is 1. The Balaban J connectivity index is 2.81. The average molecular weight is 205 g/mol. The van der Waals surface area contributed by atoms with Gasteiger partial charge in [-0.2, -0.15) is 0 Å². The Morgan fingerprint density at radius 2 is 1.86 bits per heavy atom. The second-order valence-corrected chi connectivity index (χ2v) is 5.51. The van der Waals surface area contributed by atoms with Crippen LogP contribution in [0.1, 0.15) is 24.3 Å². The van der Waals surface area contributed by atoms with Gasteiger partial charge in [0.05, 0.1) is 0 Å². The molecule has 0 aliphatic heterocycles. The molecule has 0 radical (unpaired) electrons. The first-order valence-corrected chi connectivity index (χ1v) is 5.59. The predicted molar refractivity (Wildman–Crippen MR) is 63.8 cm³/mol. The van der Waals surface area contributed by atoms with E-state index in [1.165, 1.54) is 20.5 Å². The summed E-state index contributed by atoms with van der Waals surface area (Å²) in [6, 6.07) is 8.46. The quantitative estimate of drug-likeness (QED) is 0.758. The number of hydrogen-bond donors (Lipinski definition) is 1. The van der Waals surface area contributed by atoms with Crippen molar-refractivity contribution < 1.29 is 0 Å². The molecular weight excluding hydrogens is 190 g/mol. The molecule has 0 saturated heterocycles. The highest BCUT2D eigenvalue weighted by Crippen LogP contribution is 2.35. The summed E-state index contributed by atoms with van der Waals surface area (Å²) in [6.45, 7) is 6.28. The van der Waals surface area contributed by atoms with Crippen LogP contribution in [0.3, 0.4) is 0 Å². The number of rotatable bonds is 1. The molecule has 1 nitrogen and oxygen atoms in total. The fourth-order valence-electron chi connectivity index (χ4n) is 1.97. The van der Waals surface area contributed by atoms with Crippen LogP contribution in [0.15, 0.2) is 24.3 Å². The first kappa shape index (κ1) is 9.69. The SMILES string of the molecule is Cc1sc2ccccc2c1C(C)(C)N. The Kier molecular flexibility index (Phi) is 2.13. The fraction of sp³-hybridized carbons (Fsp3) is 0.333. The highest BCUT2D eigenvalue weighted by Gasteiger charge is 2.21. The third-order valence-corrected chi connectivity index (χ3v) is 3.50. The van der Waals surface area contributed by atoms with Gasteiger partial charge >= 0.3 is 0 Å². The lowest BCUT2D eigenvalue weighted by atomic mass is 9.93. The predicted octanol–water partition coefficient (Wildman–Crippen LogP) is 3.40. The summed E-state index contributed by atoms with van der Waals surface area (Å²) < 4.78 is 1.33. The van der Waals surface area contributed by atoms with Crippen LogP contribution in [-0.2, 0) is 5.54 Å². The molecule has 0 bridgehead atoms. The average Bonchev–Trinajstić information content (AvgIpc) is 2.38. The Labute approximate surface area is 88.6 Å². The zero-order valence-electron chi connectivity index (χ0n) is 8.79. The molecule has 0 amide bonds. The topological polar surface area (TPSA) is 26.0 Å². The van der Waals surface area contributed by atoms with Crippen molar-refractivity contribution in [2.24, 2.45) is 5.73 Å². The fourth-order valence-corrected chi connectivity index (χ4v) is 3.20. The number of thiophene rings is 1. The van der Waals surface area contributed by atoms with Crippen molar-refractivity contribution in [2.75, 3.05) is 0 Å². The zero-order chi connectivity index (χ0) is 10.3. The molecule has 0 unspecified atom stereocenters. The summed E-state index contributed by atoms with van der Waals surface area (Å²) in [5.74, 6) is 0. The van der Waals surface area contributed by atoms with Crippen molar-refractivity contribution in [3.05, 3.63) is 34.7 Å². The molecule has 74 valence electrons. The number of benzene rings is 1. The van der Waals surface area contributed by atoms with Crippen LogP contribution in [0, 0.1) is 6.92 Å². The number of nitrogens with two attached hydrogens (primary N) is 1. The highest BCUT2D eigenvalue weighted by molar-refractivity contribution is 7.19. The van der Waals surface area contributed by atoms with Crippen LogP contribution in [0.2, 0.25) is 0 Å². The van der Waals surface area contributed by atoms with E-state index < -0.39 is 0 Å². The van der Waals surface area contributed by atoms with E-state index in [4.69, 9.17) is 5.73 Å². The van der Waals surface area contributed by atoms with Gasteiger partial charge < -0.3 is 5.73 Å². The molecule has 1 aromatic carbocycles. The van der Waals surface area contributed by atoms with Crippen molar-refractivity contribution >= 4 is 21.4 Å². The van der Waals surface area contributed by atoms with E-state index >= 15 is 0 Å². The van der Waals surface area contributed by atoms with Gasteiger partial charge in [0.1, 0.15) is 0 Å². The van der Waals surface area contributed by atoms with E-state index in [-0.39, 0.29) is 5.54 Å². The van der Waals surface area contributed by atoms with E-state index in [0.717, 1.165) is 0 Å². The molecule has 0 saturated carbocycles. The van der Waals surface area contributed by atoms with E-state index in [1.807, 2.05) is 11.3 Å². The standard InChI is InChI=1S/C12H15NS/c1-8-11(12(2,3)13)9-6-4-5-7-10(9)14-8/h4-7H,13H2,1-3H3. The molecule has 2 rings (SSSR count). The van der Waals surface area contributed by atoms with E-state index in [2.05, 4.69) is 45.0 Å². The highest BCUT2D eigenvalue weighted by atomic mass is 32.1. The van der Waals surface area contributed by atoms with Gasteiger partial charge in [-0.15, -0.1) is 11.3 Å². The summed E-state index contributed by atoms with van der Waals surface area (Å²) in [7, 11) is 0. The summed E-state index contributed by atoms with van der Waals surface area (Å²) >= 11 is 1.83. The molecular formula is C12H15NS. The maximum absolute atomic E-state index is 6.17. The zero-order valence-corrected chi connectivity index (χ0v) is 9.61. The maximum Gasteiger partial charge on any atom is 0.0369 e. The summed E-state index contributed by atoms with van der Waals surface area (Å²) in [5.41, 5.74) is 7.22. The normalized spacial score (nSPS) is 12.3. The summed E-state index contributed by atoms with van der Waals surface area (Å²) in [6.07, 6.45) is 0. The van der Waals surface area contributed by atoms with Gasteiger partial charge in [0.2, 0.25) is 0 Å². The molecule has 0 aliphatic rings. The maximum atomic E-state index is 6.17. The van der Waals surface area contributed by atoms with Crippen LogP contribution in [0.4, 0.5) is 0 Å². The lowest BCUT2D eigenvalue weighted by Crippen LogP contribution is -2.28. The minimum atomic E-state index is -0.246. The van der Waals surface area contributed by atoms with Gasteiger partial charge in [-0.1, -0.05) is 18.2 Å². The van der Waals surface area contributed by atoms with Crippen LogP contribution in [-0.4, -0.2) is 0 Å². The number of aryl methyl sites for hydroxylation is 1. The third-order valence-electron chi connectivity index (χ3n) is 2.42. The largest absolute Gasteiger partial charge is 0.322 e. The third kappa shape index (κ3) is 1.45. The van der Waals surface area contributed by atoms with Crippen molar-refractivity contribution in [1.82, 2.24) is 0 Å². The minimum Gasteiger partial charge on any atom is -0.322 e. The second-order valence-electron chi connectivity index (χ2n) is 4.25. The van der Waals surface area contributed by atoms with Crippen LogP contribution in [0.5, 0.6) is 0 Å². The molecule has 0 spiro atoms. The second kappa shape index (κ2) is 3.07. The van der Waals surface area contributed by atoms with Crippen LogP contribution in [0.25, 0.3) is 10.1 Å². The molecule has 0 aliphatic carbocycles. The van der Waals surface area contributed by atoms with Crippen LogP contribution >= 0.6 is 11.3 Å². The monoisotopic (exact) mass is 205 g/mol. The van der Waals surface area contributed by atoms with Crippen molar-refractivity contribution in [3.8, 4) is 0 Å². The summed E-state index contributed by atoms with van der Waals surface area (Å²) in [4.78, 5) is 1.33. The molecule has 1 heterocycles. The van der Waals surface area contributed by atoms with Crippen molar-refractivity contribution in [1.29, 1.82) is 0 Å². The van der Waals surface area contributed by atoms with E-state index in [0.29, 0.717) is 0 Å². The molecule has 2 aromatic rings. The Hall–Kier alpha value is -0.860. The molecule has 0 fully saturated rings. The van der Waals surface area contributed by atoms with Crippen molar-refractivity contribution in [3.63, 3.8) is 0 Å². The van der Waals surface area contributed by atoms with Gasteiger partial charge in [-0.05, 0) is 37.8 Å². The van der Waals surface area contributed by atoms with Gasteiger partial charge in [-0.3, -0.25) is 0 Å². The Bertz CT molecular complexity index is 463. The lowest BCUT2D eigenvalue weighted by Gasteiger charge is -2.19. The first-order valence-electron chi connectivity index (χ1n) is 4.77. The smallest absolute Gasteiger partial charge is 0.0369 e. The molecule has 0 atom stereocenters. The van der Waals surface area contributed by atoms with Crippen LogP contribution < -0.4 is 5.73 Å². The Morgan fingerprint density at radius 1 is 1.21 bits per heavy atom. The summed E-state index contributed by atoms with van der Waals surface area (Å²) in [5, 5.41) is 1.31. The molecule has 1 aromatic heterocycles. The lowest BCUT2D eigenvalue weighted by molar-refractivity contribution is 0.558. The van der Waals surface area contributed by atoms with Gasteiger partial charge in [0.25, 0.3) is 0 Å². The van der Waals surface area contributed by atoms with E-state index in [9.17, 15) is 0 Å². The van der Waals surface area contributed by atoms with Gasteiger partial charge in [-0.25, -0.2) is 0 Å². The van der Waals surface area contributed by atoms with Gasteiger partial charge in [0.15, 0.2) is 0 Å². The van der Waals surface area contributed by atoms with Gasteiger partial charge in [0, 0.05) is 15.1 Å². The molecule has 2 heteroatoms. The molecule has 2 N–H and O–H groups in total. The number of hydrogen-bond acceptors (Lipinski definition) is 2.